The van der Waals surface area contributed by atoms with Crippen molar-refractivity contribution in [3.05, 3.63) is 60.4 Å². The Morgan fingerprint density at radius 2 is 2.00 bits per heavy atom. The van der Waals surface area contributed by atoms with Crippen LogP contribution in [0.4, 0.5) is 0 Å². The lowest BCUT2D eigenvalue weighted by molar-refractivity contribution is -0.123. The average molecular weight is 401 g/mol. The van der Waals surface area contributed by atoms with Crippen LogP contribution < -0.4 is 10.1 Å². The molecule has 2 fully saturated rings. The normalized spacial score (nSPS) is 19.6. The fourth-order valence-electron chi connectivity index (χ4n) is 5.28. The fourth-order valence-corrected chi connectivity index (χ4v) is 5.28. The highest BCUT2D eigenvalue weighted by Crippen LogP contribution is 2.61. The molecule has 0 unspecified atom stereocenters. The molecule has 0 radical (unpaired) electrons. The average Bonchev–Trinajstić information content (AvgIpc) is 3.50. The summed E-state index contributed by atoms with van der Waals surface area (Å²) in [4.78, 5) is 17.2. The molecule has 1 aromatic heterocycles. The van der Waals surface area contributed by atoms with Crippen LogP contribution in [0, 0.1) is 11.3 Å². The molecular formula is C26H28N2O2. The van der Waals surface area contributed by atoms with E-state index in [1.807, 2.05) is 36.7 Å². The Morgan fingerprint density at radius 1 is 1.13 bits per heavy atom. The van der Waals surface area contributed by atoms with Gasteiger partial charge in [-0.25, -0.2) is 0 Å². The van der Waals surface area contributed by atoms with E-state index in [-0.39, 0.29) is 11.8 Å². The molecule has 0 aliphatic heterocycles. The monoisotopic (exact) mass is 400 g/mol. The fraction of sp³-hybridized carbons (Fsp3) is 0.385. The van der Waals surface area contributed by atoms with Crippen molar-refractivity contribution in [2.24, 2.45) is 11.3 Å². The third-order valence-electron chi connectivity index (χ3n) is 7.10. The molecule has 2 saturated carbocycles. The zero-order valence-electron chi connectivity index (χ0n) is 17.5. The predicted octanol–water partition coefficient (Wildman–Crippen LogP) is 5.50. The van der Waals surface area contributed by atoms with Crippen LogP contribution in [-0.2, 0) is 11.3 Å². The van der Waals surface area contributed by atoms with Crippen LogP contribution in [0.2, 0.25) is 0 Å². The molecule has 4 heteroatoms. The van der Waals surface area contributed by atoms with Crippen molar-refractivity contribution in [2.45, 2.75) is 45.1 Å². The Kier molecular flexibility index (Phi) is 4.93. The number of pyridine rings is 1. The van der Waals surface area contributed by atoms with Crippen LogP contribution >= 0.6 is 0 Å². The second kappa shape index (κ2) is 7.75. The maximum absolute atomic E-state index is 12.8. The summed E-state index contributed by atoms with van der Waals surface area (Å²) < 4.78 is 5.39. The van der Waals surface area contributed by atoms with Gasteiger partial charge in [0.15, 0.2) is 0 Å². The Balaban J connectivity index is 1.37. The van der Waals surface area contributed by atoms with E-state index in [9.17, 15) is 4.79 Å². The zero-order valence-corrected chi connectivity index (χ0v) is 17.5. The lowest BCUT2D eigenvalue weighted by Crippen LogP contribution is -2.27. The van der Waals surface area contributed by atoms with Crippen molar-refractivity contribution < 1.29 is 9.53 Å². The molecular weight excluding hydrogens is 372 g/mol. The molecule has 4 nitrogen and oxygen atoms in total. The number of methoxy groups -OCH3 is 1. The third kappa shape index (κ3) is 3.45. The van der Waals surface area contributed by atoms with Gasteiger partial charge in [0.05, 0.1) is 7.11 Å². The summed E-state index contributed by atoms with van der Waals surface area (Å²) in [6.45, 7) is 0.548. The van der Waals surface area contributed by atoms with Gasteiger partial charge >= 0.3 is 0 Å². The Labute approximate surface area is 177 Å². The molecule has 1 spiro atoms. The van der Waals surface area contributed by atoms with Crippen LogP contribution in [0.3, 0.4) is 0 Å². The molecule has 0 bridgehead atoms. The van der Waals surface area contributed by atoms with E-state index in [1.165, 1.54) is 32.1 Å². The molecule has 2 aliphatic carbocycles. The summed E-state index contributed by atoms with van der Waals surface area (Å²) in [5.74, 6) is 1.29. The molecule has 1 amide bonds. The first-order valence-corrected chi connectivity index (χ1v) is 11.0. The number of hydrogen-bond donors (Lipinski definition) is 1. The SMILES string of the molecule is COc1cccc(-c2ccc(CNC(=O)[C@H]3CC34CCCCC4)c3cnccc23)c1. The van der Waals surface area contributed by atoms with E-state index >= 15 is 0 Å². The molecule has 1 atom stereocenters. The minimum atomic E-state index is 0.221. The number of rotatable bonds is 5. The summed E-state index contributed by atoms with van der Waals surface area (Å²) in [5, 5.41) is 5.44. The van der Waals surface area contributed by atoms with Crippen molar-refractivity contribution in [2.75, 3.05) is 7.11 Å². The largest absolute Gasteiger partial charge is 0.497 e. The van der Waals surface area contributed by atoms with Gasteiger partial charge in [0.25, 0.3) is 0 Å². The van der Waals surface area contributed by atoms with Gasteiger partial charge in [-0.15, -0.1) is 0 Å². The van der Waals surface area contributed by atoms with E-state index in [0.29, 0.717) is 12.0 Å². The smallest absolute Gasteiger partial charge is 0.223 e. The first kappa shape index (κ1) is 19.1. The van der Waals surface area contributed by atoms with Gasteiger partial charge in [-0.1, -0.05) is 43.5 Å². The maximum Gasteiger partial charge on any atom is 0.223 e. The predicted molar refractivity (Wildman–Crippen MR) is 119 cm³/mol. The molecule has 1 heterocycles. The minimum Gasteiger partial charge on any atom is -0.497 e. The van der Waals surface area contributed by atoms with Crippen LogP contribution in [0.1, 0.15) is 44.1 Å². The first-order valence-electron chi connectivity index (χ1n) is 11.0. The molecule has 2 aliphatic rings. The van der Waals surface area contributed by atoms with E-state index in [1.54, 1.807) is 7.11 Å². The molecule has 0 saturated heterocycles. The van der Waals surface area contributed by atoms with Gasteiger partial charge in [0.1, 0.15) is 5.75 Å². The van der Waals surface area contributed by atoms with Gasteiger partial charge in [0.2, 0.25) is 5.91 Å². The zero-order chi connectivity index (χ0) is 20.6. The Hall–Kier alpha value is -2.88. The number of carbonyl (C=O) groups is 1. The van der Waals surface area contributed by atoms with Crippen molar-refractivity contribution in [1.82, 2.24) is 10.3 Å². The lowest BCUT2D eigenvalue weighted by Gasteiger charge is -2.22. The second-order valence-electron chi connectivity index (χ2n) is 8.82. The number of amides is 1. The first-order chi connectivity index (χ1) is 14.7. The van der Waals surface area contributed by atoms with E-state index in [4.69, 9.17) is 4.74 Å². The van der Waals surface area contributed by atoms with E-state index in [2.05, 4.69) is 28.5 Å². The summed E-state index contributed by atoms with van der Waals surface area (Å²) >= 11 is 0. The number of fused-ring (bicyclic) bond motifs is 1. The molecule has 30 heavy (non-hydrogen) atoms. The van der Waals surface area contributed by atoms with Crippen molar-refractivity contribution >= 4 is 16.7 Å². The standard InChI is InChI=1S/C26H28N2O2/c1-30-20-7-5-6-18(14-20)21-9-8-19(23-17-27-13-10-22(21)23)16-28-25(29)24-15-26(24)11-3-2-4-12-26/h5-10,13-14,17,24H,2-4,11-12,15-16H2,1H3,(H,28,29)/t24-/m1/s1. The molecule has 154 valence electrons. The van der Waals surface area contributed by atoms with Crippen LogP contribution in [0.5, 0.6) is 5.75 Å². The van der Waals surface area contributed by atoms with Crippen molar-refractivity contribution in [3.63, 3.8) is 0 Å². The van der Waals surface area contributed by atoms with Crippen molar-refractivity contribution in [1.29, 1.82) is 0 Å². The summed E-state index contributed by atoms with van der Waals surface area (Å²) in [6.07, 6.45) is 11.2. The summed E-state index contributed by atoms with van der Waals surface area (Å²) in [6, 6.07) is 14.4. The summed E-state index contributed by atoms with van der Waals surface area (Å²) in [5.41, 5.74) is 3.68. The van der Waals surface area contributed by atoms with E-state index in [0.717, 1.165) is 39.6 Å². The number of carbonyl (C=O) groups excluding carboxylic acids is 1. The van der Waals surface area contributed by atoms with Crippen LogP contribution in [-0.4, -0.2) is 18.0 Å². The van der Waals surface area contributed by atoms with Gasteiger partial charge in [-0.3, -0.25) is 9.78 Å². The molecule has 3 aromatic rings. The number of ether oxygens (including phenoxy) is 1. The molecule has 1 N–H and O–H groups in total. The Bertz CT molecular complexity index is 1090. The quantitative estimate of drug-likeness (QED) is 0.615. The topological polar surface area (TPSA) is 51.2 Å². The summed E-state index contributed by atoms with van der Waals surface area (Å²) in [7, 11) is 1.68. The second-order valence-corrected chi connectivity index (χ2v) is 8.82. The lowest BCUT2D eigenvalue weighted by atomic mass is 9.84. The highest BCUT2D eigenvalue weighted by Gasteiger charge is 2.57. The number of benzene rings is 2. The van der Waals surface area contributed by atoms with Crippen molar-refractivity contribution in [3.8, 4) is 16.9 Å². The molecule has 5 rings (SSSR count). The van der Waals surface area contributed by atoms with Crippen LogP contribution in [0.15, 0.2) is 54.9 Å². The highest BCUT2D eigenvalue weighted by molar-refractivity contribution is 5.98. The van der Waals surface area contributed by atoms with Crippen LogP contribution in [0.25, 0.3) is 21.9 Å². The third-order valence-corrected chi connectivity index (χ3v) is 7.10. The number of nitrogens with one attached hydrogen (secondary N) is 1. The van der Waals surface area contributed by atoms with Gasteiger partial charge < -0.3 is 10.1 Å². The maximum atomic E-state index is 12.8. The number of nitrogens with zero attached hydrogens (tertiary/aromatic N) is 1. The number of aromatic nitrogens is 1. The van der Waals surface area contributed by atoms with E-state index < -0.39 is 0 Å². The highest BCUT2D eigenvalue weighted by atomic mass is 16.5. The minimum absolute atomic E-state index is 0.221. The van der Waals surface area contributed by atoms with Gasteiger partial charge in [-0.2, -0.15) is 0 Å². The Morgan fingerprint density at radius 3 is 2.83 bits per heavy atom. The van der Waals surface area contributed by atoms with Gasteiger partial charge in [-0.05, 0) is 65.0 Å². The number of hydrogen-bond acceptors (Lipinski definition) is 3. The van der Waals surface area contributed by atoms with Gasteiger partial charge in [0, 0.05) is 30.2 Å². The molecule has 2 aromatic carbocycles.